The second-order valence-electron chi connectivity index (χ2n) is 19.3. The molecule has 0 aliphatic carbocycles. The normalized spacial score (nSPS) is 13.2. The van der Waals surface area contributed by atoms with E-state index in [2.05, 4.69) is 154 Å². The van der Waals surface area contributed by atoms with E-state index in [9.17, 15) is 2.74 Å². The molecule has 0 amide bonds. The zero-order valence-corrected chi connectivity index (χ0v) is 40.7. The Morgan fingerprint density at radius 1 is 0.574 bits per heavy atom. The number of rotatable bonds is 5. The van der Waals surface area contributed by atoms with Crippen LogP contribution >= 0.6 is 0 Å². The molecule has 68 heavy (non-hydrogen) atoms. The molecule has 0 fully saturated rings. The Bertz CT molecular complexity index is 4040. The molecular formula is C62H48N4OPt-2. The molecule has 0 atom stereocenters. The fraction of sp³-hybridized carbons (Fsp3) is 0.129. The number of pyridine rings is 1. The molecule has 8 aromatic carbocycles. The first-order valence-corrected chi connectivity index (χ1v) is 22.6. The van der Waals surface area contributed by atoms with Gasteiger partial charge in [0.15, 0.2) is 0 Å². The third-order valence-electron chi connectivity index (χ3n) is 12.9. The Balaban J connectivity index is 0.00000574. The van der Waals surface area contributed by atoms with Crippen molar-refractivity contribution < 1.29 is 37.2 Å². The van der Waals surface area contributed by atoms with E-state index in [1.807, 2.05) is 71.4 Å². The van der Waals surface area contributed by atoms with E-state index in [1.165, 1.54) is 5.56 Å². The van der Waals surface area contributed by atoms with Gasteiger partial charge in [-0.1, -0.05) is 168 Å². The third kappa shape index (κ3) is 7.20. The number of hydrogen-bond donors (Lipinski definition) is 0. The van der Waals surface area contributed by atoms with Crippen LogP contribution < -0.4 is 9.30 Å². The third-order valence-corrected chi connectivity index (χ3v) is 12.9. The van der Waals surface area contributed by atoms with Gasteiger partial charge in [0.1, 0.15) is 5.82 Å². The van der Waals surface area contributed by atoms with Crippen molar-refractivity contribution in [1.82, 2.24) is 14.1 Å². The summed E-state index contributed by atoms with van der Waals surface area (Å²) in [6.07, 6.45) is 5.68. The maximum Gasteiger partial charge on any atom is 0.268 e. The summed E-state index contributed by atoms with van der Waals surface area (Å²) in [6, 6.07) is 54.7. The van der Waals surface area contributed by atoms with Crippen LogP contribution in [0, 0.1) is 18.5 Å². The predicted octanol–water partition coefficient (Wildman–Crippen LogP) is 15.2. The molecule has 1 aliphatic rings. The number of nitrogens with zero attached hydrogens (tertiary/aromatic N) is 4. The molecule has 4 heterocycles. The molecule has 11 aromatic rings. The standard InChI is InChI=1S/C62H48N4O.Pt/c1-61(2,3)42-32-33-63-58(36-42)66-55-29-15-14-26-50(55)51-31-30-45(38-56(51)66)67-44-21-16-20-43(37-44)64-39-65-59-52(27-17-28-54(59)62(4,5)6)48-24-12-10-22-46(48)47-23-11-13-25-49(47)53-34-41(35-57(64)60(53)65)40-18-8-7-9-19-40;/h7-36H,1-6H3;/q-2;/i7D,8D,9D,18D,19D;. The average molecular weight is 1070 g/mol. The number of hydrogen-bond acceptors (Lipinski definition) is 2. The fourth-order valence-corrected chi connectivity index (χ4v) is 9.75. The minimum atomic E-state index is -0.445. The maximum absolute atomic E-state index is 9.18. The summed E-state index contributed by atoms with van der Waals surface area (Å²) in [7, 11) is 0. The van der Waals surface area contributed by atoms with Gasteiger partial charge in [-0.2, -0.15) is 18.2 Å². The van der Waals surface area contributed by atoms with Crippen molar-refractivity contribution in [2.75, 3.05) is 0 Å². The summed E-state index contributed by atoms with van der Waals surface area (Å²) in [6.45, 7) is 13.2. The van der Waals surface area contributed by atoms with Gasteiger partial charge in [0.05, 0.1) is 23.6 Å². The Morgan fingerprint density at radius 3 is 1.97 bits per heavy atom. The van der Waals surface area contributed by atoms with Crippen molar-refractivity contribution in [3.63, 3.8) is 0 Å². The monoisotopic (exact) mass is 1060 g/mol. The van der Waals surface area contributed by atoms with Gasteiger partial charge in [0, 0.05) is 44.3 Å². The molecule has 12 rings (SSSR count). The summed E-state index contributed by atoms with van der Waals surface area (Å²) in [4.78, 5) is 4.86. The summed E-state index contributed by atoms with van der Waals surface area (Å²) in [5.41, 5.74) is 13.2. The number of para-hydroxylation sites is 2. The summed E-state index contributed by atoms with van der Waals surface area (Å²) >= 11 is 0. The molecule has 0 bridgehead atoms. The van der Waals surface area contributed by atoms with Crippen LogP contribution in [0.4, 0.5) is 0 Å². The molecule has 0 spiro atoms. The number of ether oxygens (including phenoxy) is 1. The van der Waals surface area contributed by atoms with Crippen LogP contribution in [-0.4, -0.2) is 14.1 Å². The first-order valence-electron chi connectivity index (χ1n) is 25.1. The molecule has 5 nitrogen and oxygen atoms in total. The van der Waals surface area contributed by atoms with Gasteiger partial charge in [0.2, 0.25) is 0 Å². The van der Waals surface area contributed by atoms with Crippen molar-refractivity contribution in [3.8, 4) is 73.2 Å². The first kappa shape index (κ1) is 37.7. The topological polar surface area (TPSA) is 35.9 Å². The summed E-state index contributed by atoms with van der Waals surface area (Å²) < 4.78 is 57.2. The molecule has 0 saturated heterocycles. The van der Waals surface area contributed by atoms with Crippen molar-refractivity contribution >= 4 is 32.8 Å². The van der Waals surface area contributed by atoms with Crippen molar-refractivity contribution in [2.45, 2.75) is 52.4 Å². The first-order chi connectivity index (χ1) is 34.6. The minimum absolute atomic E-state index is 0. The fourth-order valence-electron chi connectivity index (χ4n) is 9.75. The number of benzene rings is 8. The molecule has 1 aliphatic heterocycles. The molecule has 334 valence electrons. The second-order valence-corrected chi connectivity index (χ2v) is 19.3. The average Bonchev–Trinajstić information content (AvgIpc) is 3.93. The van der Waals surface area contributed by atoms with Gasteiger partial charge in [-0.3, -0.25) is 4.57 Å². The van der Waals surface area contributed by atoms with Crippen LogP contribution in [-0.2, 0) is 31.9 Å². The number of aromatic nitrogens is 4. The van der Waals surface area contributed by atoms with E-state index in [4.69, 9.17) is 13.8 Å². The Labute approximate surface area is 419 Å². The zero-order chi connectivity index (χ0) is 50.0. The Morgan fingerprint density at radius 2 is 1.24 bits per heavy atom. The van der Waals surface area contributed by atoms with Crippen LogP contribution in [0.2, 0.25) is 0 Å². The zero-order valence-electron chi connectivity index (χ0n) is 43.4. The van der Waals surface area contributed by atoms with E-state index in [1.54, 1.807) is 0 Å². The van der Waals surface area contributed by atoms with Gasteiger partial charge in [-0.25, -0.2) is 4.98 Å². The number of fused-ring (bicyclic) bond motifs is 10. The summed E-state index contributed by atoms with van der Waals surface area (Å²) in [5.74, 6) is 1.73. The molecule has 0 radical (unpaired) electrons. The number of imidazole rings is 1. The minimum Gasteiger partial charge on any atom is -0.510 e. The van der Waals surface area contributed by atoms with Crippen LogP contribution in [0.3, 0.4) is 0 Å². The molecule has 0 saturated carbocycles. The van der Waals surface area contributed by atoms with Crippen LogP contribution in [0.15, 0.2) is 182 Å². The molecule has 0 N–H and O–H groups in total. The van der Waals surface area contributed by atoms with Gasteiger partial charge in [0.25, 0.3) is 6.33 Å². The summed E-state index contributed by atoms with van der Waals surface area (Å²) in [5, 5.41) is 2.11. The van der Waals surface area contributed by atoms with Gasteiger partial charge >= 0.3 is 0 Å². The molecule has 0 unspecified atom stereocenters. The SMILES string of the molecule is [2H]c1c([2H])c([2H])c(-c2cc3c4c(c2)n(-c2[c-]c(Oc5[c-]c6c(cc5)c5ccccc5n6-c5cc(C(C)(C)C)ccn5)ccc2)[c-][n+]4-c2c(cccc2C(C)(C)C)-c2ccccc2-c2ccccc2-3)c([2H])c1[2H].[Pt]. The van der Waals surface area contributed by atoms with E-state index in [-0.39, 0.29) is 49.5 Å². The predicted molar refractivity (Wildman–Crippen MR) is 273 cm³/mol. The Hall–Kier alpha value is -7.33. The van der Waals surface area contributed by atoms with Crippen molar-refractivity contribution in [2.24, 2.45) is 0 Å². The quantitative estimate of drug-likeness (QED) is 0.127. The van der Waals surface area contributed by atoms with Gasteiger partial charge in [-0.05, 0) is 102 Å². The maximum atomic E-state index is 9.18. The van der Waals surface area contributed by atoms with E-state index in [0.717, 1.165) is 77.8 Å². The van der Waals surface area contributed by atoms with E-state index < -0.39 is 18.1 Å². The second kappa shape index (κ2) is 16.5. The largest absolute Gasteiger partial charge is 0.510 e. The van der Waals surface area contributed by atoms with Crippen molar-refractivity contribution in [3.05, 3.63) is 212 Å². The van der Waals surface area contributed by atoms with Crippen LogP contribution in [0.5, 0.6) is 11.5 Å². The van der Waals surface area contributed by atoms with Crippen molar-refractivity contribution in [1.29, 1.82) is 0 Å². The van der Waals surface area contributed by atoms with E-state index in [0.29, 0.717) is 28.3 Å². The van der Waals surface area contributed by atoms with Gasteiger partial charge in [-0.15, -0.1) is 29.7 Å². The molecule has 3 aromatic heterocycles. The molecular weight excluding hydrogens is 1010 g/mol. The van der Waals surface area contributed by atoms with Crippen LogP contribution in [0.1, 0.15) is 59.5 Å². The molecule has 6 heteroatoms. The van der Waals surface area contributed by atoms with E-state index >= 15 is 0 Å². The van der Waals surface area contributed by atoms with Gasteiger partial charge < -0.3 is 13.9 Å². The smallest absolute Gasteiger partial charge is 0.268 e. The van der Waals surface area contributed by atoms with Crippen LogP contribution in [0.25, 0.3) is 94.5 Å². The Kier molecular flexibility index (Phi) is 9.14.